The molecule has 1 aliphatic heterocycles. The van der Waals surface area contributed by atoms with E-state index in [1.165, 1.54) is 12.1 Å². The molecule has 11 heteroatoms. The molecule has 35 heavy (non-hydrogen) atoms. The number of benzene rings is 1. The monoisotopic (exact) mass is 561 g/mol. The Morgan fingerprint density at radius 1 is 1.03 bits per heavy atom. The van der Waals surface area contributed by atoms with Gasteiger partial charge >= 0.3 is 0 Å². The SMILES string of the molecule is CS(=O)(=O)c1cc(F)c2c(ccn2Cc2ncc(C3CCN(c4ncc(Br)cn4)CC3)cc2F)c1. The Bertz CT molecular complexity index is 1500. The third-order valence-corrected chi connectivity index (χ3v) is 7.83. The molecule has 3 aromatic heterocycles. The molecule has 0 unspecified atom stereocenters. The number of hydrogen-bond donors (Lipinski definition) is 0. The maximum atomic E-state index is 15.0. The highest BCUT2D eigenvalue weighted by Crippen LogP contribution is 2.30. The Morgan fingerprint density at radius 3 is 2.40 bits per heavy atom. The third kappa shape index (κ3) is 4.92. The predicted molar refractivity (Wildman–Crippen MR) is 132 cm³/mol. The molecule has 182 valence electrons. The molecule has 0 N–H and O–H groups in total. The Morgan fingerprint density at radius 2 is 1.74 bits per heavy atom. The number of sulfone groups is 1. The van der Waals surface area contributed by atoms with E-state index < -0.39 is 21.5 Å². The zero-order chi connectivity index (χ0) is 24.7. The van der Waals surface area contributed by atoms with Crippen molar-refractivity contribution < 1.29 is 17.2 Å². The summed E-state index contributed by atoms with van der Waals surface area (Å²) in [6, 6.07) is 5.54. The lowest BCUT2D eigenvalue weighted by Gasteiger charge is -2.32. The molecule has 5 rings (SSSR count). The van der Waals surface area contributed by atoms with Gasteiger partial charge in [0.1, 0.15) is 11.6 Å². The number of hydrogen-bond acceptors (Lipinski definition) is 6. The van der Waals surface area contributed by atoms with Gasteiger partial charge < -0.3 is 9.47 Å². The number of piperidine rings is 1. The van der Waals surface area contributed by atoms with Crippen LogP contribution in [0.5, 0.6) is 0 Å². The summed E-state index contributed by atoms with van der Waals surface area (Å²) in [6.45, 7) is 1.56. The van der Waals surface area contributed by atoms with E-state index in [-0.39, 0.29) is 28.6 Å². The second kappa shape index (κ2) is 9.27. The summed E-state index contributed by atoms with van der Waals surface area (Å²) >= 11 is 3.34. The van der Waals surface area contributed by atoms with E-state index in [0.717, 1.165) is 48.3 Å². The first kappa shape index (κ1) is 23.8. The van der Waals surface area contributed by atoms with Crippen molar-refractivity contribution in [1.29, 1.82) is 0 Å². The first-order valence-corrected chi connectivity index (χ1v) is 13.7. The highest BCUT2D eigenvalue weighted by molar-refractivity contribution is 9.10. The minimum Gasteiger partial charge on any atom is -0.341 e. The minimum atomic E-state index is -3.54. The van der Waals surface area contributed by atoms with Crippen LogP contribution >= 0.6 is 15.9 Å². The predicted octanol–water partition coefficient (Wildman–Crippen LogP) is 4.70. The van der Waals surface area contributed by atoms with Gasteiger partial charge in [0.15, 0.2) is 9.84 Å². The topological polar surface area (TPSA) is 81.0 Å². The molecule has 0 saturated carbocycles. The first-order valence-electron chi connectivity index (χ1n) is 11.0. The number of aromatic nitrogens is 4. The summed E-state index contributed by atoms with van der Waals surface area (Å²) in [5, 5.41) is 0.434. The third-order valence-electron chi connectivity index (χ3n) is 6.33. The summed E-state index contributed by atoms with van der Waals surface area (Å²) < 4.78 is 55.7. The highest BCUT2D eigenvalue weighted by atomic mass is 79.9. The lowest BCUT2D eigenvalue weighted by molar-refractivity contribution is 0.492. The molecule has 0 amide bonds. The van der Waals surface area contributed by atoms with Crippen LogP contribution in [0.25, 0.3) is 10.9 Å². The van der Waals surface area contributed by atoms with Gasteiger partial charge in [0, 0.05) is 49.5 Å². The van der Waals surface area contributed by atoms with E-state index in [4.69, 9.17) is 0 Å². The normalized spacial score (nSPS) is 15.1. The molecule has 7 nitrogen and oxygen atoms in total. The summed E-state index contributed by atoms with van der Waals surface area (Å²) in [7, 11) is -3.54. The number of pyridine rings is 1. The van der Waals surface area contributed by atoms with Gasteiger partial charge in [-0.05, 0) is 64.5 Å². The molecule has 1 saturated heterocycles. The van der Waals surface area contributed by atoms with Crippen LogP contribution in [0.2, 0.25) is 0 Å². The molecular weight excluding hydrogens is 540 g/mol. The molecule has 4 heterocycles. The average Bonchev–Trinajstić information content (AvgIpc) is 3.24. The maximum absolute atomic E-state index is 15.0. The number of rotatable bonds is 5. The second-order valence-electron chi connectivity index (χ2n) is 8.72. The van der Waals surface area contributed by atoms with E-state index in [2.05, 4.69) is 35.8 Å². The van der Waals surface area contributed by atoms with Gasteiger partial charge in [0.2, 0.25) is 5.95 Å². The molecule has 1 fully saturated rings. The Balaban J connectivity index is 1.31. The van der Waals surface area contributed by atoms with Gasteiger partial charge in [0.05, 0.1) is 27.1 Å². The average molecular weight is 562 g/mol. The van der Waals surface area contributed by atoms with Crippen LogP contribution < -0.4 is 4.90 Å². The van der Waals surface area contributed by atoms with Gasteiger partial charge in [-0.15, -0.1) is 0 Å². The molecule has 4 aromatic rings. The van der Waals surface area contributed by atoms with Gasteiger partial charge in [0.25, 0.3) is 0 Å². The largest absolute Gasteiger partial charge is 0.341 e. The lowest BCUT2D eigenvalue weighted by atomic mass is 9.90. The van der Waals surface area contributed by atoms with Crippen molar-refractivity contribution in [2.24, 2.45) is 0 Å². The standard InChI is InChI=1S/C24H22BrF2N5O2S/c1-35(33,34)19-8-16-4-7-32(23(16)21(27)10-19)14-22-20(26)9-17(11-28-22)15-2-5-31(6-3-15)24-29-12-18(25)13-30-24/h4,7-13,15H,2-3,5-6,14H2,1H3. The Hall–Kier alpha value is -2.92. The molecule has 0 aliphatic carbocycles. The molecule has 1 aliphatic rings. The van der Waals surface area contributed by atoms with Gasteiger partial charge in [-0.3, -0.25) is 4.98 Å². The van der Waals surface area contributed by atoms with Gasteiger partial charge in [-0.2, -0.15) is 0 Å². The van der Waals surface area contributed by atoms with Crippen molar-refractivity contribution in [3.8, 4) is 0 Å². The molecule has 1 aromatic carbocycles. The van der Waals surface area contributed by atoms with E-state index in [1.807, 2.05) is 0 Å². The Kier molecular flexibility index (Phi) is 6.30. The van der Waals surface area contributed by atoms with Crippen molar-refractivity contribution >= 4 is 42.6 Å². The molecular formula is C24H22BrF2N5O2S. The van der Waals surface area contributed by atoms with Crippen LogP contribution in [0.4, 0.5) is 14.7 Å². The number of nitrogens with zero attached hydrogens (tertiary/aromatic N) is 5. The van der Waals surface area contributed by atoms with Crippen molar-refractivity contribution in [3.63, 3.8) is 0 Å². The number of anilines is 1. The highest BCUT2D eigenvalue weighted by Gasteiger charge is 2.24. The van der Waals surface area contributed by atoms with E-state index >= 15 is 4.39 Å². The molecule has 0 radical (unpaired) electrons. The summed E-state index contributed by atoms with van der Waals surface area (Å²) in [5.74, 6) is -0.263. The lowest BCUT2D eigenvalue weighted by Crippen LogP contribution is -2.34. The second-order valence-corrected chi connectivity index (χ2v) is 11.6. The summed E-state index contributed by atoms with van der Waals surface area (Å²) in [6.07, 6.45) is 9.43. The van der Waals surface area contributed by atoms with Crippen LogP contribution in [-0.4, -0.2) is 47.3 Å². The maximum Gasteiger partial charge on any atom is 0.225 e. The molecule has 0 atom stereocenters. The van der Waals surface area contributed by atoms with Crippen LogP contribution in [-0.2, 0) is 16.4 Å². The number of fused-ring (bicyclic) bond motifs is 1. The fourth-order valence-electron chi connectivity index (χ4n) is 4.48. The Labute approximate surface area is 209 Å². The number of halogens is 3. The minimum absolute atomic E-state index is 0.0319. The van der Waals surface area contributed by atoms with Crippen molar-refractivity contribution in [1.82, 2.24) is 19.5 Å². The fraction of sp³-hybridized carbons (Fsp3) is 0.292. The van der Waals surface area contributed by atoms with Crippen molar-refractivity contribution in [2.45, 2.75) is 30.2 Å². The van der Waals surface area contributed by atoms with Crippen molar-refractivity contribution in [2.75, 3.05) is 24.2 Å². The van der Waals surface area contributed by atoms with E-state index in [9.17, 15) is 12.8 Å². The van der Waals surface area contributed by atoms with Crippen LogP contribution in [0.1, 0.15) is 30.0 Å². The first-order chi connectivity index (χ1) is 16.7. The summed E-state index contributed by atoms with van der Waals surface area (Å²) in [5.41, 5.74) is 1.24. The van der Waals surface area contributed by atoms with Gasteiger partial charge in [-0.25, -0.2) is 27.2 Å². The molecule has 0 spiro atoms. The van der Waals surface area contributed by atoms with Crippen LogP contribution in [0, 0.1) is 11.6 Å². The zero-order valence-electron chi connectivity index (χ0n) is 18.8. The summed E-state index contributed by atoms with van der Waals surface area (Å²) in [4.78, 5) is 15.1. The van der Waals surface area contributed by atoms with Crippen LogP contribution in [0.15, 0.2) is 58.4 Å². The quantitative estimate of drug-likeness (QED) is 0.351. The zero-order valence-corrected chi connectivity index (χ0v) is 21.2. The van der Waals surface area contributed by atoms with E-state index in [1.54, 1.807) is 35.4 Å². The molecule has 0 bridgehead atoms. The van der Waals surface area contributed by atoms with Crippen LogP contribution in [0.3, 0.4) is 0 Å². The van der Waals surface area contributed by atoms with Crippen molar-refractivity contribution in [3.05, 3.63) is 76.4 Å². The van der Waals surface area contributed by atoms with Gasteiger partial charge in [-0.1, -0.05) is 0 Å². The van der Waals surface area contributed by atoms with E-state index in [0.29, 0.717) is 11.3 Å². The fourth-order valence-corrected chi connectivity index (χ4v) is 5.34. The smallest absolute Gasteiger partial charge is 0.225 e.